The molecule has 0 amide bonds. The summed E-state index contributed by atoms with van der Waals surface area (Å²) >= 11 is 1.69. The number of hydrogen-bond acceptors (Lipinski definition) is 5. The van der Waals surface area contributed by atoms with Crippen LogP contribution in [0.3, 0.4) is 0 Å². The summed E-state index contributed by atoms with van der Waals surface area (Å²) in [7, 11) is 0. The Bertz CT molecular complexity index is 998. The average molecular weight is 321 g/mol. The fraction of sp³-hybridized carbons (Fsp3) is 0.176. The lowest BCUT2D eigenvalue weighted by atomic mass is 10.2. The molecule has 0 bridgehead atoms. The van der Waals surface area contributed by atoms with Crippen molar-refractivity contribution in [2.75, 3.05) is 0 Å². The number of aromatic nitrogens is 3. The second-order valence-corrected chi connectivity index (χ2v) is 6.36. The van der Waals surface area contributed by atoms with E-state index < -0.39 is 0 Å². The number of hydrogen-bond donors (Lipinski definition) is 1. The SMILES string of the molecule is CCc1cc2c(N=NCc3c[nH]c4ccccc34)ncnc2s1. The molecule has 0 spiro atoms. The molecule has 0 saturated heterocycles. The highest BCUT2D eigenvalue weighted by Crippen LogP contribution is 2.30. The molecule has 0 saturated carbocycles. The minimum Gasteiger partial charge on any atom is -0.361 e. The zero-order valence-corrected chi connectivity index (χ0v) is 13.5. The van der Waals surface area contributed by atoms with E-state index in [9.17, 15) is 0 Å². The number of para-hydroxylation sites is 1. The van der Waals surface area contributed by atoms with Gasteiger partial charge in [0.25, 0.3) is 0 Å². The summed E-state index contributed by atoms with van der Waals surface area (Å²) in [6.45, 7) is 2.66. The molecule has 0 fully saturated rings. The van der Waals surface area contributed by atoms with E-state index >= 15 is 0 Å². The fourth-order valence-electron chi connectivity index (χ4n) is 2.59. The molecular weight excluding hydrogens is 306 g/mol. The summed E-state index contributed by atoms with van der Waals surface area (Å²) in [4.78, 5) is 14.1. The Balaban J connectivity index is 1.63. The molecule has 3 heterocycles. The normalized spacial score (nSPS) is 11.9. The van der Waals surface area contributed by atoms with Crippen LogP contribution >= 0.6 is 11.3 Å². The molecule has 0 aliphatic heterocycles. The van der Waals surface area contributed by atoms with Crippen molar-refractivity contribution in [2.45, 2.75) is 19.9 Å². The van der Waals surface area contributed by atoms with E-state index in [2.05, 4.69) is 50.3 Å². The molecule has 4 rings (SSSR count). The number of azo groups is 1. The van der Waals surface area contributed by atoms with Gasteiger partial charge in [0.15, 0.2) is 5.82 Å². The van der Waals surface area contributed by atoms with Crippen molar-refractivity contribution in [3.63, 3.8) is 0 Å². The van der Waals surface area contributed by atoms with Gasteiger partial charge in [-0.15, -0.1) is 16.5 Å². The zero-order chi connectivity index (χ0) is 15.6. The predicted molar refractivity (Wildman–Crippen MR) is 93.3 cm³/mol. The lowest BCUT2D eigenvalue weighted by Gasteiger charge is -1.95. The number of nitrogens with zero attached hydrogens (tertiary/aromatic N) is 4. The Morgan fingerprint density at radius 3 is 3.00 bits per heavy atom. The predicted octanol–water partition coefficient (Wildman–Crippen LogP) is 5.02. The van der Waals surface area contributed by atoms with Crippen LogP contribution in [0.25, 0.3) is 21.1 Å². The molecule has 114 valence electrons. The Morgan fingerprint density at radius 1 is 1.17 bits per heavy atom. The molecule has 3 aromatic heterocycles. The van der Waals surface area contributed by atoms with E-state index in [4.69, 9.17) is 0 Å². The van der Waals surface area contributed by atoms with E-state index in [0.717, 1.165) is 27.7 Å². The summed E-state index contributed by atoms with van der Waals surface area (Å²) in [5, 5.41) is 10.8. The number of thiophene rings is 1. The fourth-order valence-corrected chi connectivity index (χ4v) is 3.52. The Morgan fingerprint density at radius 2 is 2.09 bits per heavy atom. The quantitative estimate of drug-likeness (QED) is 0.536. The number of aromatic amines is 1. The number of fused-ring (bicyclic) bond motifs is 2. The van der Waals surface area contributed by atoms with E-state index in [1.54, 1.807) is 17.7 Å². The number of H-pyrrole nitrogens is 1. The van der Waals surface area contributed by atoms with Crippen LogP contribution in [0.5, 0.6) is 0 Å². The van der Waals surface area contributed by atoms with Gasteiger partial charge in [0.05, 0.1) is 11.9 Å². The summed E-state index contributed by atoms with van der Waals surface area (Å²) in [6.07, 6.45) is 4.53. The number of nitrogens with one attached hydrogen (secondary N) is 1. The minimum absolute atomic E-state index is 0.528. The van der Waals surface area contributed by atoms with Crippen LogP contribution in [-0.4, -0.2) is 15.0 Å². The molecule has 4 aromatic rings. The van der Waals surface area contributed by atoms with Gasteiger partial charge >= 0.3 is 0 Å². The highest BCUT2D eigenvalue weighted by molar-refractivity contribution is 7.18. The first-order valence-corrected chi connectivity index (χ1v) is 8.32. The molecule has 0 atom stereocenters. The monoisotopic (exact) mass is 321 g/mol. The molecule has 0 aliphatic carbocycles. The number of benzene rings is 1. The first-order valence-electron chi connectivity index (χ1n) is 7.51. The van der Waals surface area contributed by atoms with Gasteiger partial charge in [0.2, 0.25) is 0 Å². The molecule has 5 nitrogen and oxygen atoms in total. The van der Waals surface area contributed by atoms with Crippen LogP contribution < -0.4 is 0 Å². The molecule has 0 radical (unpaired) electrons. The van der Waals surface area contributed by atoms with Crippen LogP contribution in [-0.2, 0) is 13.0 Å². The van der Waals surface area contributed by atoms with Crippen molar-refractivity contribution in [3.8, 4) is 0 Å². The van der Waals surface area contributed by atoms with Crippen LogP contribution in [0.2, 0.25) is 0 Å². The first kappa shape index (κ1) is 14.0. The lowest BCUT2D eigenvalue weighted by Crippen LogP contribution is -1.80. The van der Waals surface area contributed by atoms with E-state index in [-0.39, 0.29) is 0 Å². The molecule has 1 aromatic carbocycles. The van der Waals surface area contributed by atoms with Gasteiger partial charge in [0, 0.05) is 27.5 Å². The topological polar surface area (TPSA) is 66.3 Å². The van der Waals surface area contributed by atoms with Gasteiger partial charge in [-0.25, -0.2) is 9.97 Å². The Labute approximate surface area is 137 Å². The highest BCUT2D eigenvalue weighted by atomic mass is 32.1. The largest absolute Gasteiger partial charge is 0.361 e. The van der Waals surface area contributed by atoms with Gasteiger partial charge in [-0.05, 0) is 18.6 Å². The summed E-state index contributed by atoms with van der Waals surface area (Å²) in [5.41, 5.74) is 2.25. The first-order chi connectivity index (χ1) is 11.3. The molecule has 6 heteroatoms. The second kappa shape index (κ2) is 5.89. The molecule has 1 N–H and O–H groups in total. The molecule has 23 heavy (non-hydrogen) atoms. The standard InChI is InChI=1S/C17H15N5S/c1-2-12-7-14-16(19-10-20-17(14)23-12)22-21-9-11-8-18-15-6-4-3-5-13(11)15/h3-8,10,18H,2,9H2,1H3. The highest BCUT2D eigenvalue weighted by Gasteiger charge is 2.07. The minimum atomic E-state index is 0.528. The summed E-state index contributed by atoms with van der Waals surface area (Å²) in [6, 6.07) is 10.3. The maximum Gasteiger partial charge on any atom is 0.185 e. The number of aryl methyl sites for hydroxylation is 1. The Hall–Kier alpha value is -2.60. The van der Waals surface area contributed by atoms with Gasteiger partial charge in [-0.2, -0.15) is 5.11 Å². The van der Waals surface area contributed by atoms with Gasteiger partial charge in [-0.1, -0.05) is 25.1 Å². The van der Waals surface area contributed by atoms with Gasteiger partial charge < -0.3 is 4.98 Å². The van der Waals surface area contributed by atoms with E-state index in [0.29, 0.717) is 12.4 Å². The van der Waals surface area contributed by atoms with Crippen molar-refractivity contribution in [1.29, 1.82) is 0 Å². The van der Waals surface area contributed by atoms with Crippen molar-refractivity contribution < 1.29 is 0 Å². The third-order valence-electron chi connectivity index (χ3n) is 3.79. The van der Waals surface area contributed by atoms with Crippen molar-refractivity contribution >= 4 is 38.3 Å². The van der Waals surface area contributed by atoms with E-state index in [1.807, 2.05) is 18.3 Å². The third-order valence-corrected chi connectivity index (χ3v) is 4.98. The molecular formula is C17H15N5S. The summed E-state index contributed by atoms with van der Waals surface area (Å²) in [5.74, 6) is 0.644. The zero-order valence-electron chi connectivity index (χ0n) is 12.7. The van der Waals surface area contributed by atoms with Crippen LogP contribution in [0.1, 0.15) is 17.4 Å². The average Bonchev–Trinajstić information content (AvgIpc) is 3.19. The van der Waals surface area contributed by atoms with Crippen LogP contribution in [0.4, 0.5) is 5.82 Å². The second-order valence-electron chi connectivity index (χ2n) is 5.24. The number of rotatable bonds is 4. The van der Waals surface area contributed by atoms with Crippen LogP contribution in [0.15, 0.2) is 53.1 Å². The van der Waals surface area contributed by atoms with Gasteiger partial charge in [-0.3, -0.25) is 0 Å². The maximum atomic E-state index is 4.34. The molecule has 0 aliphatic rings. The lowest BCUT2D eigenvalue weighted by molar-refractivity contribution is 0.954. The van der Waals surface area contributed by atoms with Crippen molar-refractivity contribution in [1.82, 2.24) is 15.0 Å². The third kappa shape index (κ3) is 2.61. The smallest absolute Gasteiger partial charge is 0.185 e. The maximum absolute atomic E-state index is 4.34. The van der Waals surface area contributed by atoms with Crippen LogP contribution in [0, 0.1) is 0 Å². The van der Waals surface area contributed by atoms with E-state index in [1.165, 1.54) is 10.3 Å². The van der Waals surface area contributed by atoms with Crippen molar-refractivity contribution in [3.05, 3.63) is 53.3 Å². The molecule has 0 unspecified atom stereocenters. The summed E-state index contributed by atoms with van der Waals surface area (Å²) < 4.78 is 0. The Kier molecular flexibility index (Phi) is 3.59. The van der Waals surface area contributed by atoms with Gasteiger partial charge in [0.1, 0.15) is 11.2 Å². The van der Waals surface area contributed by atoms with Crippen molar-refractivity contribution in [2.24, 2.45) is 10.2 Å².